The Kier molecular flexibility index (Phi) is 3.25. The molecule has 0 bridgehead atoms. The summed E-state index contributed by atoms with van der Waals surface area (Å²) < 4.78 is 0. The van der Waals surface area contributed by atoms with Crippen LogP contribution >= 0.6 is 11.3 Å². The summed E-state index contributed by atoms with van der Waals surface area (Å²) in [4.78, 5) is 15.6. The van der Waals surface area contributed by atoms with Crippen LogP contribution in [-0.4, -0.2) is 17.5 Å². The highest BCUT2D eigenvalue weighted by atomic mass is 32.1. The Balaban J connectivity index is 1.75. The van der Waals surface area contributed by atoms with Crippen molar-refractivity contribution in [3.8, 4) is 0 Å². The minimum absolute atomic E-state index is 0.0180. The van der Waals surface area contributed by atoms with E-state index < -0.39 is 0 Å². The molecule has 1 atom stereocenters. The summed E-state index contributed by atoms with van der Waals surface area (Å²) in [6.45, 7) is 2.88. The second-order valence-corrected chi connectivity index (χ2v) is 5.72. The lowest BCUT2D eigenvalue weighted by molar-refractivity contribution is 0.189. The van der Waals surface area contributed by atoms with Gasteiger partial charge in [-0.1, -0.05) is 18.2 Å². The van der Waals surface area contributed by atoms with Crippen LogP contribution in [0.15, 0.2) is 41.8 Å². The number of carbonyl (C=O) groups excluding carboxylic acids is 1. The van der Waals surface area contributed by atoms with Crippen molar-refractivity contribution < 1.29 is 4.79 Å². The molecule has 3 rings (SSSR count). The van der Waals surface area contributed by atoms with E-state index in [4.69, 9.17) is 0 Å². The normalized spacial score (nSPS) is 17.9. The fourth-order valence-corrected chi connectivity index (χ4v) is 3.47. The minimum atomic E-state index is -0.0180. The minimum Gasteiger partial charge on any atom is -0.317 e. The maximum Gasteiger partial charge on any atom is 0.322 e. The lowest BCUT2D eigenvalue weighted by Gasteiger charge is -2.33. The number of nitrogens with zero attached hydrogens (tertiary/aromatic N) is 1. The lowest BCUT2D eigenvalue weighted by Crippen LogP contribution is -2.40. The first-order valence-electron chi connectivity index (χ1n) is 6.44. The Morgan fingerprint density at radius 1 is 1.32 bits per heavy atom. The van der Waals surface area contributed by atoms with Crippen molar-refractivity contribution in [3.63, 3.8) is 0 Å². The van der Waals surface area contributed by atoms with Crippen molar-refractivity contribution in [1.29, 1.82) is 0 Å². The van der Waals surface area contributed by atoms with Crippen LogP contribution in [-0.2, 0) is 6.42 Å². The van der Waals surface area contributed by atoms with Crippen molar-refractivity contribution in [1.82, 2.24) is 4.90 Å². The van der Waals surface area contributed by atoms with E-state index in [2.05, 4.69) is 23.7 Å². The van der Waals surface area contributed by atoms with E-state index in [1.165, 1.54) is 10.4 Å². The first kappa shape index (κ1) is 12.2. The van der Waals surface area contributed by atoms with E-state index in [9.17, 15) is 4.79 Å². The Hall–Kier alpha value is -1.81. The van der Waals surface area contributed by atoms with Crippen LogP contribution in [0.25, 0.3) is 0 Å². The van der Waals surface area contributed by atoms with Gasteiger partial charge in [0.05, 0.1) is 6.04 Å². The molecule has 1 N–H and O–H groups in total. The molecule has 0 aliphatic carbocycles. The van der Waals surface area contributed by atoms with E-state index in [1.807, 2.05) is 35.2 Å². The smallest absolute Gasteiger partial charge is 0.317 e. The van der Waals surface area contributed by atoms with Gasteiger partial charge >= 0.3 is 6.03 Å². The average Bonchev–Trinajstić information content (AvgIpc) is 2.89. The third-order valence-corrected chi connectivity index (χ3v) is 4.56. The highest BCUT2D eigenvalue weighted by Crippen LogP contribution is 2.33. The van der Waals surface area contributed by atoms with Gasteiger partial charge in [0, 0.05) is 17.1 Å². The molecular weight excluding hydrogens is 256 g/mol. The number of carbonyl (C=O) groups is 1. The molecule has 1 aliphatic heterocycles. The van der Waals surface area contributed by atoms with Crippen LogP contribution in [0.3, 0.4) is 0 Å². The molecule has 2 amide bonds. The molecule has 3 nitrogen and oxygen atoms in total. The number of hydrogen-bond donors (Lipinski definition) is 1. The van der Waals surface area contributed by atoms with Crippen LogP contribution in [0, 0.1) is 0 Å². The predicted octanol–water partition coefficient (Wildman–Crippen LogP) is 3.90. The fraction of sp³-hybridized carbons (Fsp3) is 0.267. The second kappa shape index (κ2) is 5.05. The monoisotopic (exact) mass is 272 g/mol. The van der Waals surface area contributed by atoms with E-state index in [-0.39, 0.29) is 12.1 Å². The van der Waals surface area contributed by atoms with Gasteiger partial charge in [0.2, 0.25) is 0 Å². The highest BCUT2D eigenvalue weighted by Gasteiger charge is 2.28. The first-order chi connectivity index (χ1) is 9.25. The van der Waals surface area contributed by atoms with E-state index >= 15 is 0 Å². The van der Waals surface area contributed by atoms with Crippen molar-refractivity contribution in [3.05, 3.63) is 52.2 Å². The van der Waals surface area contributed by atoms with Crippen LogP contribution in [0.4, 0.5) is 10.5 Å². The standard InChI is InChI=1S/C15H16N2OS/c1-11-13-8-10-19-14(13)7-9-17(11)15(18)16-12-5-3-2-4-6-12/h2-6,8,10-11H,7,9H2,1H3,(H,16,18)/t11-/m0/s1. The molecule has 0 fully saturated rings. The lowest BCUT2D eigenvalue weighted by atomic mass is 10.0. The molecule has 1 aromatic heterocycles. The molecule has 0 saturated carbocycles. The summed E-state index contributed by atoms with van der Waals surface area (Å²) in [6.07, 6.45) is 0.958. The third kappa shape index (κ3) is 2.36. The molecule has 2 aromatic rings. The molecule has 2 heterocycles. The van der Waals surface area contributed by atoms with Crippen molar-refractivity contribution in [2.75, 3.05) is 11.9 Å². The molecule has 0 saturated heterocycles. The number of rotatable bonds is 1. The zero-order valence-corrected chi connectivity index (χ0v) is 11.6. The van der Waals surface area contributed by atoms with Crippen LogP contribution in [0.2, 0.25) is 0 Å². The molecule has 1 aromatic carbocycles. The number of para-hydroxylation sites is 1. The summed E-state index contributed by atoms with van der Waals surface area (Å²) in [5.41, 5.74) is 2.13. The van der Waals surface area contributed by atoms with Crippen LogP contribution < -0.4 is 5.32 Å². The van der Waals surface area contributed by atoms with E-state index in [0.29, 0.717) is 0 Å². The number of benzene rings is 1. The Labute approximate surface area is 116 Å². The molecule has 4 heteroatoms. The quantitative estimate of drug-likeness (QED) is 0.839. The maximum absolute atomic E-state index is 12.3. The first-order valence-corrected chi connectivity index (χ1v) is 7.32. The zero-order valence-electron chi connectivity index (χ0n) is 10.8. The van der Waals surface area contributed by atoms with Gasteiger partial charge < -0.3 is 10.2 Å². The molecular formula is C15H16N2OS. The van der Waals surface area contributed by atoms with Crippen LogP contribution in [0.5, 0.6) is 0 Å². The molecule has 0 spiro atoms. The van der Waals surface area contributed by atoms with Gasteiger partial charge in [0.25, 0.3) is 0 Å². The van der Waals surface area contributed by atoms with Gasteiger partial charge in [-0.15, -0.1) is 11.3 Å². The van der Waals surface area contributed by atoms with Gasteiger partial charge in [-0.05, 0) is 42.5 Å². The fourth-order valence-electron chi connectivity index (χ4n) is 2.50. The van der Waals surface area contributed by atoms with Gasteiger partial charge in [0.15, 0.2) is 0 Å². The molecule has 98 valence electrons. The number of nitrogens with one attached hydrogen (secondary N) is 1. The molecule has 0 unspecified atom stereocenters. The van der Waals surface area contributed by atoms with Gasteiger partial charge in [-0.3, -0.25) is 0 Å². The topological polar surface area (TPSA) is 32.3 Å². The average molecular weight is 272 g/mol. The molecule has 1 aliphatic rings. The maximum atomic E-state index is 12.3. The van der Waals surface area contributed by atoms with E-state index in [0.717, 1.165) is 18.7 Å². The van der Waals surface area contributed by atoms with Crippen molar-refractivity contribution in [2.24, 2.45) is 0 Å². The Morgan fingerprint density at radius 2 is 2.11 bits per heavy atom. The summed E-state index contributed by atoms with van der Waals surface area (Å²) >= 11 is 1.79. The summed E-state index contributed by atoms with van der Waals surface area (Å²) in [7, 11) is 0. The number of urea groups is 1. The predicted molar refractivity (Wildman–Crippen MR) is 78.6 cm³/mol. The Morgan fingerprint density at radius 3 is 2.89 bits per heavy atom. The third-order valence-electron chi connectivity index (χ3n) is 3.56. The highest BCUT2D eigenvalue weighted by molar-refractivity contribution is 7.10. The Bertz CT molecular complexity index is 579. The molecule has 19 heavy (non-hydrogen) atoms. The SMILES string of the molecule is C[C@H]1c2ccsc2CCN1C(=O)Nc1ccccc1. The van der Waals surface area contributed by atoms with Crippen molar-refractivity contribution in [2.45, 2.75) is 19.4 Å². The van der Waals surface area contributed by atoms with Crippen LogP contribution in [0.1, 0.15) is 23.4 Å². The number of thiophene rings is 1. The van der Waals surface area contributed by atoms with Gasteiger partial charge in [-0.25, -0.2) is 4.79 Å². The van der Waals surface area contributed by atoms with Gasteiger partial charge in [0.1, 0.15) is 0 Å². The van der Waals surface area contributed by atoms with Gasteiger partial charge in [-0.2, -0.15) is 0 Å². The van der Waals surface area contributed by atoms with E-state index in [1.54, 1.807) is 11.3 Å². The number of fused-ring (bicyclic) bond motifs is 1. The summed E-state index contributed by atoms with van der Waals surface area (Å²) in [5.74, 6) is 0. The zero-order chi connectivity index (χ0) is 13.2. The number of hydrogen-bond acceptors (Lipinski definition) is 2. The summed E-state index contributed by atoms with van der Waals surface area (Å²) in [6, 6.07) is 11.9. The largest absolute Gasteiger partial charge is 0.322 e. The number of amides is 2. The van der Waals surface area contributed by atoms with Crippen molar-refractivity contribution >= 4 is 23.1 Å². The second-order valence-electron chi connectivity index (χ2n) is 4.71. The molecule has 0 radical (unpaired) electrons. The number of anilines is 1. The summed E-state index contributed by atoms with van der Waals surface area (Å²) in [5, 5.41) is 5.07.